The maximum atomic E-state index is 5.84. The highest BCUT2D eigenvalue weighted by atomic mass is 16.6. The molecule has 0 N–H and O–H groups in total. The van der Waals surface area contributed by atoms with Crippen LogP contribution in [0.1, 0.15) is 24.5 Å². The molecule has 3 aromatic rings. The second-order valence-corrected chi connectivity index (χ2v) is 7.46. The van der Waals surface area contributed by atoms with Gasteiger partial charge in [0.25, 0.3) is 0 Å². The van der Waals surface area contributed by atoms with E-state index in [2.05, 4.69) is 42.7 Å². The van der Waals surface area contributed by atoms with Crippen LogP contribution < -0.4 is 14.4 Å². The first-order valence-corrected chi connectivity index (χ1v) is 10.6. The zero-order chi connectivity index (χ0) is 21.2. The number of anilines is 1. The van der Waals surface area contributed by atoms with Gasteiger partial charge in [0.2, 0.25) is 0 Å². The molecule has 0 atom stereocenters. The Labute approximate surface area is 182 Å². The highest BCUT2D eigenvalue weighted by molar-refractivity contribution is 6.16. The quantitative estimate of drug-likeness (QED) is 0.526. The van der Waals surface area contributed by atoms with Gasteiger partial charge in [0, 0.05) is 28.5 Å². The van der Waals surface area contributed by atoms with Gasteiger partial charge in [0.1, 0.15) is 19.0 Å². The summed E-state index contributed by atoms with van der Waals surface area (Å²) in [5.41, 5.74) is 6.10. The standard InChI is InChI=1S/C27H24N2O2/c1-3-23-19(2)29(22-14-15-24-25(18-22)31-17-16-30-24)27(21-12-8-5-9-13-21)28-26(23)20-10-6-4-7-11-20/h4-15,18H,2-3,16-17H2,1H3. The number of ether oxygens (including phenoxy) is 2. The van der Waals surface area contributed by atoms with Gasteiger partial charge in [-0.2, -0.15) is 0 Å². The minimum absolute atomic E-state index is 0.551. The molecule has 3 aromatic carbocycles. The SMILES string of the molecule is C=C1C(CC)=C(c2ccccc2)N=C(c2ccccc2)N1c1ccc2c(c1)OCCO2. The van der Waals surface area contributed by atoms with Crippen molar-refractivity contribution in [2.75, 3.05) is 18.1 Å². The Morgan fingerprint density at radius 3 is 2.16 bits per heavy atom. The Morgan fingerprint density at radius 2 is 1.48 bits per heavy atom. The van der Waals surface area contributed by atoms with Crippen LogP contribution in [0.5, 0.6) is 11.5 Å². The summed E-state index contributed by atoms with van der Waals surface area (Å²) in [4.78, 5) is 7.31. The number of rotatable bonds is 4. The highest BCUT2D eigenvalue weighted by Gasteiger charge is 2.29. The molecule has 2 aliphatic rings. The largest absolute Gasteiger partial charge is 0.486 e. The van der Waals surface area contributed by atoms with E-state index in [0.29, 0.717) is 13.2 Å². The van der Waals surface area contributed by atoms with E-state index in [1.165, 1.54) is 0 Å². The van der Waals surface area contributed by atoms with Crippen LogP contribution in [-0.4, -0.2) is 19.0 Å². The van der Waals surface area contributed by atoms with E-state index >= 15 is 0 Å². The zero-order valence-electron chi connectivity index (χ0n) is 17.5. The summed E-state index contributed by atoms with van der Waals surface area (Å²) in [5, 5.41) is 0. The minimum atomic E-state index is 0.551. The van der Waals surface area contributed by atoms with Gasteiger partial charge in [0.05, 0.1) is 11.4 Å². The van der Waals surface area contributed by atoms with Crippen molar-refractivity contribution in [2.24, 2.45) is 4.99 Å². The van der Waals surface area contributed by atoms with Crippen molar-refractivity contribution in [1.82, 2.24) is 0 Å². The minimum Gasteiger partial charge on any atom is -0.486 e. The molecule has 0 fully saturated rings. The lowest BCUT2D eigenvalue weighted by Crippen LogP contribution is -2.34. The number of aliphatic imine (C=N–C) groups is 1. The van der Waals surface area contributed by atoms with Crippen LogP contribution in [0.15, 0.2) is 102 Å². The maximum Gasteiger partial charge on any atom is 0.163 e. The monoisotopic (exact) mass is 408 g/mol. The van der Waals surface area contributed by atoms with Crippen molar-refractivity contribution in [2.45, 2.75) is 13.3 Å². The zero-order valence-corrected chi connectivity index (χ0v) is 17.5. The predicted molar refractivity (Wildman–Crippen MR) is 126 cm³/mol. The molecule has 154 valence electrons. The molecule has 31 heavy (non-hydrogen) atoms. The van der Waals surface area contributed by atoms with E-state index in [1.54, 1.807) is 0 Å². The van der Waals surface area contributed by atoms with Crippen molar-refractivity contribution in [3.05, 3.63) is 108 Å². The van der Waals surface area contributed by atoms with Gasteiger partial charge in [-0.25, -0.2) is 4.99 Å². The number of nitrogens with zero attached hydrogens (tertiary/aromatic N) is 2. The third-order valence-corrected chi connectivity index (χ3v) is 5.55. The molecule has 0 aliphatic carbocycles. The van der Waals surface area contributed by atoms with Crippen molar-refractivity contribution >= 4 is 17.2 Å². The number of allylic oxidation sites excluding steroid dienone is 1. The predicted octanol–water partition coefficient (Wildman–Crippen LogP) is 6.06. The van der Waals surface area contributed by atoms with Crippen LogP contribution in [-0.2, 0) is 0 Å². The van der Waals surface area contributed by atoms with E-state index in [-0.39, 0.29) is 0 Å². The van der Waals surface area contributed by atoms with Crippen molar-refractivity contribution < 1.29 is 9.47 Å². The maximum absolute atomic E-state index is 5.84. The smallest absolute Gasteiger partial charge is 0.163 e. The van der Waals surface area contributed by atoms with Crippen molar-refractivity contribution in [3.8, 4) is 11.5 Å². The summed E-state index contributed by atoms with van der Waals surface area (Å²) in [7, 11) is 0. The van der Waals surface area contributed by atoms with E-state index in [4.69, 9.17) is 14.5 Å². The molecule has 4 heteroatoms. The summed E-state index contributed by atoms with van der Waals surface area (Å²) in [6.07, 6.45) is 0.829. The molecular formula is C27H24N2O2. The highest BCUT2D eigenvalue weighted by Crippen LogP contribution is 2.40. The number of fused-ring (bicyclic) bond motifs is 1. The first-order valence-electron chi connectivity index (χ1n) is 10.6. The van der Waals surface area contributed by atoms with Crippen molar-refractivity contribution in [1.29, 1.82) is 0 Å². The molecule has 0 bridgehead atoms. The Kier molecular flexibility index (Phi) is 5.04. The van der Waals surface area contributed by atoms with Gasteiger partial charge in [0.15, 0.2) is 11.5 Å². The fraction of sp³-hybridized carbons (Fsp3) is 0.148. The molecule has 0 unspecified atom stereocenters. The summed E-state index contributed by atoms with van der Waals surface area (Å²) < 4.78 is 11.6. The summed E-state index contributed by atoms with van der Waals surface area (Å²) in [6, 6.07) is 26.6. The Hall–Kier alpha value is -3.79. The van der Waals surface area contributed by atoms with Gasteiger partial charge >= 0.3 is 0 Å². The number of amidine groups is 1. The fourth-order valence-corrected chi connectivity index (χ4v) is 4.06. The van der Waals surface area contributed by atoms with E-state index in [9.17, 15) is 0 Å². The Balaban J connectivity index is 1.69. The van der Waals surface area contributed by atoms with E-state index < -0.39 is 0 Å². The molecule has 0 spiro atoms. The van der Waals surface area contributed by atoms with Gasteiger partial charge < -0.3 is 9.47 Å². The average Bonchev–Trinajstić information content (AvgIpc) is 2.84. The lowest BCUT2D eigenvalue weighted by Gasteiger charge is -2.34. The first kappa shape index (κ1) is 19.2. The summed E-state index contributed by atoms with van der Waals surface area (Å²) >= 11 is 0. The molecule has 4 nitrogen and oxygen atoms in total. The topological polar surface area (TPSA) is 34.1 Å². The molecule has 2 heterocycles. The number of benzene rings is 3. The third-order valence-electron chi connectivity index (χ3n) is 5.55. The van der Waals surface area contributed by atoms with Crippen LogP contribution in [0.25, 0.3) is 5.70 Å². The summed E-state index contributed by atoms with van der Waals surface area (Å²) in [6.45, 7) is 7.77. The van der Waals surface area contributed by atoms with Crippen LogP contribution in [0, 0.1) is 0 Å². The Morgan fingerprint density at radius 1 is 0.839 bits per heavy atom. The molecule has 0 saturated heterocycles. The molecular weight excluding hydrogens is 384 g/mol. The molecule has 0 radical (unpaired) electrons. The lowest BCUT2D eigenvalue weighted by molar-refractivity contribution is 0.171. The average molecular weight is 409 g/mol. The molecule has 0 amide bonds. The van der Waals surface area contributed by atoms with Gasteiger partial charge in [-0.1, -0.05) is 74.2 Å². The first-order chi connectivity index (χ1) is 15.3. The van der Waals surface area contributed by atoms with E-state index in [0.717, 1.165) is 57.5 Å². The molecule has 0 saturated carbocycles. The normalized spacial score (nSPS) is 15.7. The number of hydrogen-bond donors (Lipinski definition) is 0. The summed E-state index contributed by atoms with van der Waals surface area (Å²) in [5.74, 6) is 2.37. The molecule has 2 aliphatic heterocycles. The van der Waals surface area contributed by atoms with Crippen LogP contribution in [0.3, 0.4) is 0 Å². The van der Waals surface area contributed by atoms with Gasteiger partial charge in [-0.15, -0.1) is 0 Å². The molecule has 5 rings (SSSR count). The van der Waals surface area contributed by atoms with E-state index in [1.807, 2.05) is 54.6 Å². The molecule has 0 aromatic heterocycles. The van der Waals surface area contributed by atoms with Gasteiger partial charge in [-0.05, 0) is 18.6 Å². The second-order valence-electron chi connectivity index (χ2n) is 7.46. The lowest BCUT2D eigenvalue weighted by atomic mass is 9.97. The van der Waals surface area contributed by atoms with Crippen LogP contribution in [0.4, 0.5) is 5.69 Å². The van der Waals surface area contributed by atoms with Crippen LogP contribution in [0.2, 0.25) is 0 Å². The van der Waals surface area contributed by atoms with Crippen molar-refractivity contribution in [3.63, 3.8) is 0 Å². The number of hydrogen-bond acceptors (Lipinski definition) is 4. The van der Waals surface area contributed by atoms with Crippen LogP contribution >= 0.6 is 0 Å². The Bertz CT molecular complexity index is 1180. The van der Waals surface area contributed by atoms with Gasteiger partial charge in [-0.3, -0.25) is 4.90 Å². The third kappa shape index (κ3) is 3.50. The fourth-order valence-electron chi connectivity index (χ4n) is 4.06. The second kappa shape index (κ2) is 8.15.